The number of hydrogen-bond donors (Lipinski definition) is 1. The topological polar surface area (TPSA) is 69.4 Å². The number of benzene rings is 1. The number of ether oxygens (including phenoxy) is 1. The molecule has 0 radical (unpaired) electrons. The average molecular weight is 304 g/mol. The lowest BCUT2D eigenvalue weighted by Gasteiger charge is -2.10. The van der Waals surface area contributed by atoms with E-state index in [2.05, 4.69) is 0 Å². The summed E-state index contributed by atoms with van der Waals surface area (Å²) < 4.78 is 29.4. The summed E-state index contributed by atoms with van der Waals surface area (Å²) in [6, 6.07) is 7.19. The molecule has 0 unspecified atom stereocenters. The summed E-state index contributed by atoms with van der Waals surface area (Å²) in [7, 11) is -1.69. The first-order valence-electron chi connectivity index (χ1n) is 6.11. The van der Waals surface area contributed by atoms with E-state index in [9.17, 15) is 8.42 Å². The minimum atomic E-state index is -3.21. The molecule has 0 bridgehead atoms. The molecule has 1 saturated carbocycles. The summed E-state index contributed by atoms with van der Waals surface area (Å²) in [5.41, 5.74) is 6.24. The van der Waals surface area contributed by atoms with Crippen LogP contribution in [0.2, 0.25) is 5.02 Å². The molecule has 19 heavy (non-hydrogen) atoms. The summed E-state index contributed by atoms with van der Waals surface area (Å²) in [6.07, 6.45) is 0. The Morgan fingerprint density at radius 3 is 2.68 bits per heavy atom. The minimum absolute atomic E-state index is 0.0808. The summed E-state index contributed by atoms with van der Waals surface area (Å²) in [4.78, 5) is 0. The van der Waals surface area contributed by atoms with Crippen LogP contribution in [0, 0.1) is 0 Å². The largest absolute Gasteiger partial charge is 0.383 e. The molecule has 3 atom stereocenters. The Balaban J connectivity index is 2.39. The maximum Gasteiger partial charge on any atom is 0.155 e. The molecule has 0 aromatic heterocycles. The number of methoxy groups -OCH3 is 1. The van der Waals surface area contributed by atoms with Gasteiger partial charge in [0.05, 0.1) is 17.4 Å². The highest BCUT2D eigenvalue weighted by Gasteiger charge is 2.68. The predicted octanol–water partition coefficient (Wildman–Crippen LogP) is 1.58. The standard InChI is InChI=1S/C13H18ClNO3S/c1-3-19(16,17)12-11(13(12,15)8-18-2)9-5-4-6-10(14)7-9/h4-7,11-12H,3,8,15H2,1-2H3/t11-,12+,13+/m1/s1. The van der Waals surface area contributed by atoms with Crippen molar-refractivity contribution in [1.82, 2.24) is 0 Å². The van der Waals surface area contributed by atoms with Crippen molar-refractivity contribution in [2.24, 2.45) is 5.73 Å². The van der Waals surface area contributed by atoms with Crippen molar-refractivity contribution in [3.05, 3.63) is 34.9 Å². The van der Waals surface area contributed by atoms with Crippen molar-refractivity contribution in [2.75, 3.05) is 19.5 Å². The van der Waals surface area contributed by atoms with Crippen LogP contribution in [-0.4, -0.2) is 38.7 Å². The van der Waals surface area contributed by atoms with E-state index in [1.54, 1.807) is 25.1 Å². The highest BCUT2D eigenvalue weighted by molar-refractivity contribution is 7.92. The van der Waals surface area contributed by atoms with E-state index in [0.29, 0.717) is 5.02 Å². The molecule has 1 aromatic carbocycles. The van der Waals surface area contributed by atoms with Crippen molar-refractivity contribution in [2.45, 2.75) is 23.6 Å². The summed E-state index contributed by atoms with van der Waals surface area (Å²) in [5.74, 6) is -0.173. The van der Waals surface area contributed by atoms with E-state index < -0.39 is 20.6 Å². The third-order valence-electron chi connectivity index (χ3n) is 3.69. The van der Waals surface area contributed by atoms with Crippen LogP contribution in [0.1, 0.15) is 18.4 Å². The molecule has 0 amide bonds. The van der Waals surface area contributed by atoms with Gasteiger partial charge < -0.3 is 10.5 Å². The van der Waals surface area contributed by atoms with Crippen LogP contribution in [0.5, 0.6) is 0 Å². The second-order valence-electron chi connectivity index (χ2n) is 4.95. The Bertz CT molecular complexity index is 575. The molecule has 6 heteroatoms. The van der Waals surface area contributed by atoms with Gasteiger partial charge in [0, 0.05) is 23.8 Å². The zero-order valence-corrected chi connectivity index (χ0v) is 12.5. The van der Waals surface area contributed by atoms with Gasteiger partial charge in [-0.05, 0) is 17.7 Å². The average Bonchev–Trinajstić information content (AvgIpc) is 2.96. The fourth-order valence-electron chi connectivity index (χ4n) is 2.75. The Labute approximate surface area is 118 Å². The highest BCUT2D eigenvalue weighted by Crippen LogP contribution is 2.54. The number of hydrogen-bond acceptors (Lipinski definition) is 4. The van der Waals surface area contributed by atoms with Crippen molar-refractivity contribution in [1.29, 1.82) is 0 Å². The van der Waals surface area contributed by atoms with E-state index >= 15 is 0 Å². The minimum Gasteiger partial charge on any atom is -0.383 e. The smallest absolute Gasteiger partial charge is 0.155 e. The highest BCUT2D eigenvalue weighted by atomic mass is 35.5. The quantitative estimate of drug-likeness (QED) is 0.897. The molecule has 106 valence electrons. The fourth-order valence-corrected chi connectivity index (χ4v) is 4.94. The molecule has 2 N–H and O–H groups in total. The van der Waals surface area contributed by atoms with Crippen LogP contribution in [0.25, 0.3) is 0 Å². The molecule has 1 fully saturated rings. The lowest BCUT2D eigenvalue weighted by molar-refractivity contribution is 0.171. The van der Waals surface area contributed by atoms with Crippen LogP contribution in [0.15, 0.2) is 24.3 Å². The molecule has 0 saturated heterocycles. The van der Waals surface area contributed by atoms with Gasteiger partial charge in [-0.25, -0.2) is 8.42 Å². The van der Waals surface area contributed by atoms with E-state index in [-0.39, 0.29) is 18.3 Å². The maximum absolute atomic E-state index is 12.2. The molecule has 1 aliphatic carbocycles. The Kier molecular flexibility index (Phi) is 3.93. The van der Waals surface area contributed by atoms with E-state index in [1.807, 2.05) is 6.07 Å². The van der Waals surface area contributed by atoms with Gasteiger partial charge in [-0.15, -0.1) is 0 Å². The van der Waals surface area contributed by atoms with Gasteiger partial charge in [-0.3, -0.25) is 0 Å². The number of halogens is 1. The second-order valence-corrected chi connectivity index (χ2v) is 7.80. The van der Waals surface area contributed by atoms with Gasteiger partial charge >= 0.3 is 0 Å². The van der Waals surface area contributed by atoms with Gasteiger partial charge in [-0.2, -0.15) is 0 Å². The van der Waals surface area contributed by atoms with Crippen molar-refractivity contribution < 1.29 is 13.2 Å². The predicted molar refractivity (Wildman–Crippen MR) is 76.2 cm³/mol. The Hall–Kier alpha value is -0.620. The van der Waals surface area contributed by atoms with E-state index in [0.717, 1.165) is 5.56 Å². The SMILES string of the molecule is CCS(=O)(=O)[C@H]1[C@@H](c2cccc(Cl)c2)[C@@]1(N)COC. The van der Waals surface area contributed by atoms with Crippen LogP contribution >= 0.6 is 11.6 Å². The molecule has 2 rings (SSSR count). The van der Waals surface area contributed by atoms with Crippen molar-refractivity contribution in [3.8, 4) is 0 Å². The van der Waals surface area contributed by atoms with Crippen LogP contribution in [0.3, 0.4) is 0 Å². The summed E-state index contributed by atoms with van der Waals surface area (Å²) in [6.45, 7) is 1.85. The zero-order valence-electron chi connectivity index (χ0n) is 11.0. The molecular weight excluding hydrogens is 286 g/mol. The molecule has 4 nitrogen and oxygen atoms in total. The van der Waals surface area contributed by atoms with Gasteiger partial charge in [0.2, 0.25) is 0 Å². The molecule has 1 aliphatic rings. The van der Waals surface area contributed by atoms with Crippen molar-refractivity contribution >= 4 is 21.4 Å². The lowest BCUT2D eigenvalue weighted by Crippen LogP contribution is -2.36. The monoisotopic (exact) mass is 303 g/mol. The van der Waals surface area contributed by atoms with Crippen LogP contribution < -0.4 is 5.73 Å². The van der Waals surface area contributed by atoms with Gasteiger partial charge in [-0.1, -0.05) is 30.7 Å². The van der Waals surface area contributed by atoms with E-state index in [4.69, 9.17) is 22.1 Å². The molecule has 1 aromatic rings. The molecule has 0 aliphatic heterocycles. The molecular formula is C13H18ClNO3S. The first-order chi connectivity index (χ1) is 8.86. The zero-order chi connectivity index (χ0) is 14.3. The normalized spacial score (nSPS) is 30.3. The molecule has 0 spiro atoms. The maximum atomic E-state index is 12.2. The number of sulfone groups is 1. The number of nitrogens with two attached hydrogens (primary N) is 1. The third kappa shape index (κ3) is 2.52. The fraction of sp³-hybridized carbons (Fsp3) is 0.538. The van der Waals surface area contributed by atoms with Crippen LogP contribution in [0.4, 0.5) is 0 Å². The first kappa shape index (κ1) is 14.8. The summed E-state index contributed by atoms with van der Waals surface area (Å²) in [5, 5.41) is -0.0137. The van der Waals surface area contributed by atoms with E-state index in [1.165, 1.54) is 7.11 Å². The molecule has 0 heterocycles. The summed E-state index contributed by atoms with van der Waals surface area (Å²) >= 11 is 5.96. The Morgan fingerprint density at radius 2 is 2.16 bits per heavy atom. The van der Waals surface area contributed by atoms with Crippen molar-refractivity contribution in [3.63, 3.8) is 0 Å². The Morgan fingerprint density at radius 1 is 1.47 bits per heavy atom. The van der Waals surface area contributed by atoms with Crippen LogP contribution in [-0.2, 0) is 14.6 Å². The van der Waals surface area contributed by atoms with Gasteiger partial charge in [0.25, 0.3) is 0 Å². The third-order valence-corrected chi connectivity index (χ3v) is 6.22. The van der Waals surface area contributed by atoms with Gasteiger partial charge in [0.15, 0.2) is 9.84 Å². The number of rotatable bonds is 5. The second kappa shape index (κ2) is 5.05. The first-order valence-corrected chi connectivity index (χ1v) is 8.21. The lowest BCUT2D eigenvalue weighted by atomic mass is 10.1. The van der Waals surface area contributed by atoms with Gasteiger partial charge in [0.1, 0.15) is 0 Å².